The van der Waals surface area contributed by atoms with Crippen LogP contribution in [0.3, 0.4) is 0 Å². The zero-order chi connectivity index (χ0) is 35.3. The van der Waals surface area contributed by atoms with Gasteiger partial charge in [-0.25, -0.2) is 0 Å². The molecule has 10 heteroatoms. The normalized spacial score (nSPS) is 12.4. The van der Waals surface area contributed by atoms with Gasteiger partial charge in [-0.1, -0.05) is 128 Å². The van der Waals surface area contributed by atoms with Gasteiger partial charge in [0, 0.05) is 39.3 Å². The van der Waals surface area contributed by atoms with E-state index in [0.717, 1.165) is 19.3 Å². The van der Waals surface area contributed by atoms with Crippen LogP contribution < -0.4 is 0 Å². The maximum absolute atomic E-state index is 12.9. The first-order chi connectivity index (χ1) is 23.5. The Morgan fingerprint density at radius 3 is 1.31 bits per heavy atom. The van der Waals surface area contributed by atoms with Crippen molar-refractivity contribution in [3.05, 3.63) is 12.2 Å². The third kappa shape index (κ3) is 30.5. The molecular weight excluding hydrogens is 612 g/mol. The van der Waals surface area contributed by atoms with Crippen LogP contribution >= 0.6 is 0 Å². The van der Waals surface area contributed by atoms with Gasteiger partial charge in [-0.3, -0.25) is 19.4 Å². The largest absolute Gasteiger partial charge is 0.464 e. The van der Waals surface area contributed by atoms with Gasteiger partial charge in [0.05, 0.1) is 38.8 Å². The van der Waals surface area contributed by atoms with Crippen LogP contribution in [0.2, 0.25) is 0 Å². The van der Waals surface area contributed by atoms with Crippen molar-refractivity contribution < 1.29 is 39.5 Å². The Balaban J connectivity index is 4.33. The van der Waals surface area contributed by atoms with Crippen LogP contribution in [0.5, 0.6) is 0 Å². The Morgan fingerprint density at radius 1 is 0.542 bits per heavy atom. The van der Waals surface area contributed by atoms with Crippen molar-refractivity contribution in [2.45, 2.75) is 135 Å². The number of rotatable bonds is 37. The summed E-state index contributed by atoms with van der Waals surface area (Å²) in [4.78, 5) is 29.1. The second kappa shape index (κ2) is 36.7. The van der Waals surface area contributed by atoms with Crippen LogP contribution in [-0.4, -0.2) is 121 Å². The second-order valence-electron chi connectivity index (χ2n) is 13.0. The summed E-state index contributed by atoms with van der Waals surface area (Å²) in [5.74, 6) is -1.77. The van der Waals surface area contributed by atoms with Crippen molar-refractivity contribution in [2.75, 3.05) is 78.9 Å². The Bertz CT molecular complexity index is 727. The molecule has 0 fully saturated rings. The standard InChI is InChI=1S/C38H74N2O8/c1-2-3-4-5-6-7-8-9-10-11-12-13-14-15-16-17-18-19-20-21-22-36(38(46)48-34-28-40(25-31-43)26-32-44)35-37(45)47-33-27-39(23-29-41)24-30-42/h21-22,36,41-44H,2-20,23-35H2,1H3/b22-21+. The summed E-state index contributed by atoms with van der Waals surface area (Å²) in [5.41, 5.74) is 0. The number of allylic oxidation sites excluding steroid dienone is 1. The molecule has 0 aliphatic rings. The summed E-state index contributed by atoms with van der Waals surface area (Å²) in [7, 11) is 0. The van der Waals surface area contributed by atoms with E-state index in [-0.39, 0.29) is 46.1 Å². The highest BCUT2D eigenvalue weighted by Gasteiger charge is 2.22. The van der Waals surface area contributed by atoms with E-state index in [0.29, 0.717) is 39.3 Å². The highest BCUT2D eigenvalue weighted by atomic mass is 16.5. The number of unbranched alkanes of at least 4 members (excludes halogenated alkanes) is 18. The zero-order valence-corrected chi connectivity index (χ0v) is 30.7. The van der Waals surface area contributed by atoms with Crippen LogP contribution in [0.25, 0.3) is 0 Å². The number of aliphatic hydroxyl groups is 4. The van der Waals surface area contributed by atoms with Gasteiger partial charge < -0.3 is 29.9 Å². The molecule has 0 spiro atoms. The molecule has 4 N–H and O–H groups in total. The van der Waals surface area contributed by atoms with Gasteiger partial charge in [-0.2, -0.15) is 0 Å². The molecule has 48 heavy (non-hydrogen) atoms. The minimum Gasteiger partial charge on any atom is -0.464 e. The van der Waals surface area contributed by atoms with E-state index < -0.39 is 17.9 Å². The predicted octanol–water partition coefficient (Wildman–Crippen LogP) is 5.64. The Kier molecular flexibility index (Phi) is 35.5. The Hall–Kier alpha value is -1.56. The first-order valence-corrected chi connectivity index (χ1v) is 19.4. The number of carbonyl (C=O) groups is 2. The third-order valence-electron chi connectivity index (χ3n) is 8.77. The summed E-state index contributed by atoms with van der Waals surface area (Å²) in [6.07, 6.45) is 28.4. The van der Waals surface area contributed by atoms with E-state index in [1.807, 2.05) is 6.08 Å². The molecule has 0 rings (SSSR count). The fourth-order valence-electron chi connectivity index (χ4n) is 5.80. The Morgan fingerprint density at radius 2 is 0.917 bits per heavy atom. The minimum absolute atomic E-state index is 0.0554. The molecule has 0 aliphatic heterocycles. The first kappa shape index (κ1) is 46.4. The smallest absolute Gasteiger partial charge is 0.313 e. The fourth-order valence-corrected chi connectivity index (χ4v) is 5.80. The average Bonchev–Trinajstić information content (AvgIpc) is 3.07. The number of ether oxygens (including phenoxy) is 2. The molecule has 1 unspecified atom stereocenters. The molecule has 0 saturated carbocycles. The van der Waals surface area contributed by atoms with E-state index in [1.165, 1.54) is 103 Å². The fraction of sp³-hybridized carbons (Fsp3) is 0.895. The lowest BCUT2D eigenvalue weighted by Gasteiger charge is -2.21. The molecule has 0 aromatic rings. The van der Waals surface area contributed by atoms with Crippen LogP contribution in [0.15, 0.2) is 12.2 Å². The monoisotopic (exact) mass is 687 g/mol. The van der Waals surface area contributed by atoms with Crippen molar-refractivity contribution in [3.8, 4) is 0 Å². The second-order valence-corrected chi connectivity index (χ2v) is 13.0. The molecule has 0 aliphatic carbocycles. The maximum atomic E-state index is 12.9. The van der Waals surface area contributed by atoms with Crippen molar-refractivity contribution in [3.63, 3.8) is 0 Å². The van der Waals surface area contributed by atoms with E-state index in [1.54, 1.807) is 15.9 Å². The van der Waals surface area contributed by atoms with Crippen molar-refractivity contribution >= 4 is 11.9 Å². The first-order valence-electron chi connectivity index (χ1n) is 19.4. The third-order valence-corrected chi connectivity index (χ3v) is 8.77. The summed E-state index contributed by atoms with van der Waals surface area (Å²) >= 11 is 0. The number of aliphatic hydroxyl groups excluding tert-OH is 4. The molecule has 10 nitrogen and oxygen atoms in total. The topological polar surface area (TPSA) is 140 Å². The van der Waals surface area contributed by atoms with Crippen LogP contribution in [0.1, 0.15) is 135 Å². The number of carbonyl (C=O) groups excluding carboxylic acids is 2. The maximum Gasteiger partial charge on any atom is 0.313 e. The van der Waals surface area contributed by atoms with Crippen LogP contribution in [-0.2, 0) is 19.1 Å². The van der Waals surface area contributed by atoms with E-state index in [2.05, 4.69) is 6.92 Å². The predicted molar refractivity (Wildman–Crippen MR) is 194 cm³/mol. The van der Waals surface area contributed by atoms with Crippen molar-refractivity contribution in [1.82, 2.24) is 9.80 Å². The molecule has 0 heterocycles. The zero-order valence-electron chi connectivity index (χ0n) is 30.7. The van der Waals surface area contributed by atoms with Crippen LogP contribution in [0.4, 0.5) is 0 Å². The van der Waals surface area contributed by atoms with E-state index in [9.17, 15) is 19.8 Å². The molecule has 1 atom stereocenters. The van der Waals surface area contributed by atoms with Gasteiger partial charge in [-0.05, 0) is 12.8 Å². The lowest BCUT2D eigenvalue weighted by Crippen LogP contribution is -2.34. The molecule has 0 amide bonds. The number of hydrogen-bond donors (Lipinski definition) is 4. The minimum atomic E-state index is -0.761. The summed E-state index contributed by atoms with van der Waals surface area (Å²) in [6, 6.07) is 0. The van der Waals surface area contributed by atoms with Gasteiger partial charge in [0.15, 0.2) is 0 Å². The molecule has 284 valence electrons. The van der Waals surface area contributed by atoms with Crippen molar-refractivity contribution in [1.29, 1.82) is 0 Å². The Labute approximate surface area is 293 Å². The SMILES string of the molecule is CCCCCCCCCCCCCCCCCCCC/C=C/C(CC(=O)OCCN(CCO)CCO)C(=O)OCCN(CCO)CCO. The molecule has 0 bridgehead atoms. The average molecular weight is 687 g/mol. The molecule has 0 aromatic heterocycles. The number of nitrogens with zero attached hydrogens (tertiary/aromatic N) is 2. The van der Waals surface area contributed by atoms with E-state index >= 15 is 0 Å². The van der Waals surface area contributed by atoms with Crippen LogP contribution in [0, 0.1) is 5.92 Å². The summed E-state index contributed by atoms with van der Waals surface area (Å²) in [5, 5.41) is 36.7. The molecule has 0 saturated heterocycles. The lowest BCUT2D eigenvalue weighted by atomic mass is 10.0. The van der Waals surface area contributed by atoms with Gasteiger partial charge in [0.25, 0.3) is 0 Å². The van der Waals surface area contributed by atoms with Gasteiger partial charge in [0.2, 0.25) is 0 Å². The van der Waals surface area contributed by atoms with E-state index in [4.69, 9.17) is 19.7 Å². The summed E-state index contributed by atoms with van der Waals surface area (Å²) < 4.78 is 10.8. The highest BCUT2D eigenvalue weighted by molar-refractivity contribution is 5.81. The molecular formula is C38H74N2O8. The molecule has 0 radical (unpaired) electrons. The molecule has 0 aromatic carbocycles. The number of hydrogen-bond acceptors (Lipinski definition) is 10. The highest BCUT2D eigenvalue weighted by Crippen LogP contribution is 2.16. The number of esters is 2. The van der Waals surface area contributed by atoms with Gasteiger partial charge in [0.1, 0.15) is 13.2 Å². The van der Waals surface area contributed by atoms with Gasteiger partial charge in [-0.15, -0.1) is 0 Å². The lowest BCUT2D eigenvalue weighted by molar-refractivity contribution is -0.154. The van der Waals surface area contributed by atoms with Gasteiger partial charge >= 0.3 is 11.9 Å². The van der Waals surface area contributed by atoms with Crippen molar-refractivity contribution in [2.24, 2.45) is 5.92 Å². The quantitative estimate of drug-likeness (QED) is 0.0369. The summed E-state index contributed by atoms with van der Waals surface area (Å²) in [6.45, 7) is 4.48.